The van der Waals surface area contributed by atoms with Crippen LogP contribution in [0.15, 0.2) is 12.4 Å². The first kappa shape index (κ1) is 5.41. The quantitative estimate of drug-likeness (QED) is 0.427. The minimum absolute atomic E-state index is 0.963. The summed E-state index contributed by atoms with van der Waals surface area (Å²) in [7, 11) is 3.40. The zero-order chi connectivity index (χ0) is 6.15. The van der Waals surface area contributed by atoms with E-state index in [0.717, 1.165) is 0 Å². The Morgan fingerprint density at radius 2 is 1.62 bits per heavy atom. The smallest absolute Gasteiger partial charge is 0.248 e. The molecule has 3 heteroatoms. The van der Waals surface area contributed by atoms with Gasteiger partial charge in [0.2, 0.25) is 6.42 Å². The van der Waals surface area contributed by atoms with E-state index in [0.29, 0.717) is 0 Å². The maximum atomic E-state index is 12.5. The maximum Gasteiger partial charge on any atom is 0.248 e. The van der Waals surface area contributed by atoms with Gasteiger partial charge in [0, 0.05) is 26.5 Å². The largest absolute Gasteiger partial charge is 0.333 e. The van der Waals surface area contributed by atoms with Crippen LogP contribution in [0, 0.1) is 0 Å². The van der Waals surface area contributed by atoms with Gasteiger partial charge in [-0.05, 0) is 0 Å². The van der Waals surface area contributed by atoms with Crippen LogP contribution in [-0.2, 0) is 0 Å². The van der Waals surface area contributed by atoms with E-state index in [2.05, 4.69) is 0 Å². The Morgan fingerprint density at radius 3 is 1.75 bits per heavy atom. The summed E-state index contributed by atoms with van der Waals surface area (Å²) in [6.45, 7) is 0. The van der Waals surface area contributed by atoms with Gasteiger partial charge in [0.05, 0.1) is 0 Å². The summed E-state index contributed by atoms with van der Waals surface area (Å²) in [4.78, 5) is 3.00. The standard InChI is InChI=1S/C5H9FN2/c1-7-3-4-8(2)5(7)6/h3-5H,1-2H3. The van der Waals surface area contributed by atoms with Crippen molar-refractivity contribution in [2.45, 2.75) is 6.42 Å². The van der Waals surface area contributed by atoms with Crippen molar-refractivity contribution < 1.29 is 4.39 Å². The normalized spacial score (nSPS) is 20.9. The van der Waals surface area contributed by atoms with E-state index in [4.69, 9.17) is 0 Å². The van der Waals surface area contributed by atoms with Gasteiger partial charge in [-0.3, -0.25) is 0 Å². The number of hydrogen-bond acceptors (Lipinski definition) is 2. The van der Waals surface area contributed by atoms with E-state index < -0.39 is 6.42 Å². The molecule has 8 heavy (non-hydrogen) atoms. The first-order chi connectivity index (χ1) is 3.72. The molecule has 0 atom stereocenters. The van der Waals surface area contributed by atoms with E-state index in [-0.39, 0.29) is 0 Å². The number of hydrogen-bond donors (Lipinski definition) is 0. The summed E-state index contributed by atoms with van der Waals surface area (Å²) in [5.74, 6) is 0. The molecule has 0 amide bonds. The van der Waals surface area contributed by atoms with Crippen LogP contribution in [0.3, 0.4) is 0 Å². The van der Waals surface area contributed by atoms with Gasteiger partial charge in [0.1, 0.15) is 0 Å². The third-order valence-electron chi connectivity index (χ3n) is 1.21. The van der Waals surface area contributed by atoms with Gasteiger partial charge < -0.3 is 9.80 Å². The molecule has 0 unspecified atom stereocenters. The van der Waals surface area contributed by atoms with Gasteiger partial charge in [-0.25, -0.2) is 0 Å². The average Bonchev–Trinajstić information content (AvgIpc) is 1.98. The number of nitrogens with zero attached hydrogens (tertiary/aromatic N) is 2. The molecule has 0 aromatic heterocycles. The molecule has 0 aromatic rings. The molecule has 1 heterocycles. The van der Waals surface area contributed by atoms with Crippen LogP contribution in [0.1, 0.15) is 0 Å². The molecule has 0 saturated heterocycles. The zero-order valence-electron chi connectivity index (χ0n) is 5.00. The van der Waals surface area contributed by atoms with Crippen molar-refractivity contribution in [3.63, 3.8) is 0 Å². The summed E-state index contributed by atoms with van der Waals surface area (Å²) in [6.07, 6.45) is 2.44. The molecule has 0 bridgehead atoms. The summed E-state index contributed by atoms with van der Waals surface area (Å²) >= 11 is 0. The van der Waals surface area contributed by atoms with E-state index in [1.807, 2.05) is 0 Å². The van der Waals surface area contributed by atoms with Gasteiger partial charge in [-0.15, -0.1) is 0 Å². The lowest BCUT2D eigenvalue weighted by atomic mass is 10.8. The molecular formula is C5H9FN2. The number of alkyl halides is 1. The van der Waals surface area contributed by atoms with Crippen LogP contribution in [0.4, 0.5) is 4.39 Å². The summed E-state index contributed by atoms with van der Waals surface area (Å²) in [5.41, 5.74) is 0. The van der Waals surface area contributed by atoms with E-state index >= 15 is 0 Å². The molecule has 0 radical (unpaired) electrons. The topological polar surface area (TPSA) is 6.48 Å². The summed E-state index contributed by atoms with van der Waals surface area (Å²) in [5, 5.41) is 0. The highest BCUT2D eigenvalue weighted by atomic mass is 19.1. The minimum Gasteiger partial charge on any atom is -0.333 e. The lowest BCUT2D eigenvalue weighted by Gasteiger charge is -2.18. The van der Waals surface area contributed by atoms with Crippen molar-refractivity contribution in [3.8, 4) is 0 Å². The molecule has 0 fully saturated rings. The third-order valence-corrected chi connectivity index (χ3v) is 1.21. The Morgan fingerprint density at radius 1 is 1.25 bits per heavy atom. The first-order valence-corrected chi connectivity index (χ1v) is 2.48. The predicted octanol–water partition coefficient (Wildman–Crippen LogP) is 0.588. The maximum absolute atomic E-state index is 12.5. The number of rotatable bonds is 0. The van der Waals surface area contributed by atoms with Crippen molar-refractivity contribution in [2.24, 2.45) is 0 Å². The van der Waals surface area contributed by atoms with E-state index in [9.17, 15) is 4.39 Å². The predicted molar refractivity (Wildman–Crippen MR) is 29.6 cm³/mol. The van der Waals surface area contributed by atoms with Crippen LogP contribution in [0.25, 0.3) is 0 Å². The molecule has 0 spiro atoms. The second-order valence-corrected chi connectivity index (χ2v) is 1.94. The minimum atomic E-state index is -0.963. The second-order valence-electron chi connectivity index (χ2n) is 1.94. The molecule has 1 aliphatic heterocycles. The molecule has 0 N–H and O–H groups in total. The van der Waals surface area contributed by atoms with Gasteiger partial charge in [-0.2, -0.15) is 4.39 Å². The lowest BCUT2D eigenvalue weighted by molar-refractivity contribution is 0.0620. The zero-order valence-corrected chi connectivity index (χ0v) is 5.00. The summed E-state index contributed by atoms with van der Waals surface area (Å²) < 4.78 is 12.5. The molecular weight excluding hydrogens is 107 g/mol. The van der Waals surface area contributed by atoms with Crippen molar-refractivity contribution in [1.29, 1.82) is 0 Å². The van der Waals surface area contributed by atoms with E-state index in [1.54, 1.807) is 26.5 Å². The van der Waals surface area contributed by atoms with Crippen molar-refractivity contribution in [3.05, 3.63) is 12.4 Å². The van der Waals surface area contributed by atoms with Gasteiger partial charge in [0.25, 0.3) is 0 Å². The molecule has 46 valence electrons. The Kier molecular flexibility index (Phi) is 1.12. The molecule has 0 aromatic carbocycles. The van der Waals surface area contributed by atoms with Crippen LogP contribution in [0.5, 0.6) is 0 Å². The molecule has 1 aliphatic rings. The fourth-order valence-electron chi connectivity index (χ4n) is 0.640. The Labute approximate surface area is 48.2 Å². The van der Waals surface area contributed by atoms with Gasteiger partial charge in [0.15, 0.2) is 0 Å². The highest BCUT2D eigenvalue weighted by Crippen LogP contribution is 2.10. The SMILES string of the molecule is CN1C=CN(C)C1F. The fraction of sp³-hybridized carbons (Fsp3) is 0.600. The van der Waals surface area contributed by atoms with Gasteiger partial charge in [-0.1, -0.05) is 0 Å². The van der Waals surface area contributed by atoms with Crippen molar-refractivity contribution in [2.75, 3.05) is 14.1 Å². The van der Waals surface area contributed by atoms with Gasteiger partial charge >= 0.3 is 0 Å². The monoisotopic (exact) mass is 116 g/mol. The van der Waals surface area contributed by atoms with Crippen molar-refractivity contribution >= 4 is 0 Å². The van der Waals surface area contributed by atoms with E-state index in [1.165, 1.54) is 9.80 Å². The second kappa shape index (κ2) is 1.65. The average molecular weight is 116 g/mol. The van der Waals surface area contributed by atoms with Crippen LogP contribution < -0.4 is 0 Å². The molecule has 2 nitrogen and oxygen atoms in total. The Hall–Kier alpha value is -0.730. The Bertz CT molecular complexity index is 101. The van der Waals surface area contributed by atoms with Crippen LogP contribution in [0.2, 0.25) is 0 Å². The molecule has 0 aliphatic carbocycles. The molecule has 1 rings (SSSR count). The highest BCUT2D eigenvalue weighted by Gasteiger charge is 2.17. The number of halogens is 1. The van der Waals surface area contributed by atoms with Crippen LogP contribution >= 0.6 is 0 Å². The summed E-state index contributed by atoms with van der Waals surface area (Å²) in [6, 6.07) is 0. The van der Waals surface area contributed by atoms with Crippen LogP contribution in [-0.4, -0.2) is 30.3 Å². The lowest BCUT2D eigenvalue weighted by Crippen LogP contribution is -2.28. The first-order valence-electron chi connectivity index (χ1n) is 2.48. The van der Waals surface area contributed by atoms with Crippen molar-refractivity contribution in [1.82, 2.24) is 9.80 Å². The Balaban J connectivity index is 2.55. The highest BCUT2D eigenvalue weighted by molar-refractivity contribution is 4.88. The molecule has 0 saturated carbocycles. The third kappa shape index (κ3) is 0.638. The fourth-order valence-corrected chi connectivity index (χ4v) is 0.640.